The average molecular weight is 502 g/mol. The SMILES string of the molecule is CC(C)c1ccc(-n2nc(C(=O)N3CCOCC3)c(=O)n(Cc3cccc(C(F)(F)F)c3)c2=O)cc1. The van der Waals surface area contributed by atoms with Crippen LogP contribution in [0.2, 0.25) is 0 Å². The molecule has 0 aliphatic carbocycles. The van der Waals surface area contributed by atoms with Gasteiger partial charge in [-0.15, -0.1) is 0 Å². The maximum Gasteiger partial charge on any atom is 0.416 e. The zero-order valence-electron chi connectivity index (χ0n) is 19.8. The molecule has 0 atom stereocenters. The van der Waals surface area contributed by atoms with Crippen molar-refractivity contribution in [3.05, 3.63) is 91.8 Å². The van der Waals surface area contributed by atoms with E-state index < -0.39 is 41.1 Å². The molecule has 0 spiro atoms. The van der Waals surface area contributed by atoms with Crippen LogP contribution in [-0.4, -0.2) is 51.5 Å². The average Bonchev–Trinajstić information content (AvgIpc) is 2.86. The van der Waals surface area contributed by atoms with Crippen molar-refractivity contribution >= 4 is 5.91 Å². The minimum absolute atomic E-state index is 0.0849. The van der Waals surface area contributed by atoms with E-state index in [0.717, 1.165) is 26.9 Å². The number of ether oxygens (including phenoxy) is 1. The molecule has 2 heterocycles. The second-order valence-corrected chi connectivity index (χ2v) is 8.78. The van der Waals surface area contributed by atoms with Gasteiger partial charge in [0.25, 0.3) is 11.5 Å². The summed E-state index contributed by atoms with van der Waals surface area (Å²) in [7, 11) is 0. The Labute approximate surface area is 204 Å². The van der Waals surface area contributed by atoms with E-state index in [1.807, 2.05) is 13.8 Å². The number of carbonyl (C=O) groups excluding carboxylic acids is 1. The first-order valence-electron chi connectivity index (χ1n) is 11.4. The lowest BCUT2D eigenvalue weighted by Crippen LogP contribution is -2.48. The van der Waals surface area contributed by atoms with Gasteiger partial charge in [-0.05, 0) is 41.3 Å². The van der Waals surface area contributed by atoms with Crippen LogP contribution >= 0.6 is 0 Å². The number of alkyl halides is 3. The molecule has 11 heteroatoms. The minimum Gasteiger partial charge on any atom is -0.378 e. The number of rotatable bonds is 5. The lowest BCUT2D eigenvalue weighted by atomic mass is 10.0. The predicted octanol–water partition coefficient (Wildman–Crippen LogP) is 3.06. The van der Waals surface area contributed by atoms with E-state index in [-0.39, 0.29) is 24.6 Å². The van der Waals surface area contributed by atoms with Gasteiger partial charge in [0, 0.05) is 13.1 Å². The van der Waals surface area contributed by atoms with Crippen LogP contribution in [0, 0.1) is 0 Å². The number of carbonyl (C=O) groups is 1. The van der Waals surface area contributed by atoms with Crippen molar-refractivity contribution in [2.24, 2.45) is 0 Å². The number of aromatic nitrogens is 3. The first-order valence-corrected chi connectivity index (χ1v) is 11.4. The first kappa shape index (κ1) is 25.4. The van der Waals surface area contributed by atoms with Gasteiger partial charge in [0.05, 0.1) is 31.0 Å². The molecule has 0 bridgehead atoms. The largest absolute Gasteiger partial charge is 0.416 e. The molecule has 0 saturated carbocycles. The molecule has 1 aromatic heterocycles. The lowest BCUT2D eigenvalue weighted by Gasteiger charge is -2.26. The minimum atomic E-state index is -4.59. The van der Waals surface area contributed by atoms with Gasteiger partial charge in [-0.25, -0.2) is 4.79 Å². The molecule has 3 aromatic rings. The molecule has 2 aromatic carbocycles. The number of hydrogen-bond acceptors (Lipinski definition) is 5. The van der Waals surface area contributed by atoms with Gasteiger partial charge >= 0.3 is 11.9 Å². The smallest absolute Gasteiger partial charge is 0.378 e. The van der Waals surface area contributed by atoms with Crippen LogP contribution in [-0.2, 0) is 17.5 Å². The third-order valence-corrected chi connectivity index (χ3v) is 5.96. The van der Waals surface area contributed by atoms with Gasteiger partial charge in [-0.3, -0.25) is 14.2 Å². The van der Waals surface area contributed by atoms with Crippen LogP contribution in [0.25, 0.3) is 5.69 Å². The van der Waals surface area contributed by atoms with Crippen LogP contribution in [0.5, 0.6) is 0 Å². The number of hydrogen-bond donors (Lipinski definition) is 0. The second kappa shape index (κ2) is 10.1. The fourth-order valence-corrected chi connectivity index (χ4v) is 3.90. The van der Waals surface area contributed by atoms with Crippen LogP contribution < -0.4 is 11.2 Å². The number of benzene rings is 2. The van der Waals surface area contributed by atoms with Crippen LogP contribution in [0.15, 0.2) is 58.1 Å². The van der Waals surface area contributed by atoms with E-state index in [2.05, 4.69) is 5.10 Å². The molecule has 0 N–H and O–H groups in total. The Morgan fingerprint density at radius 1 is 1.06 bits per heavy atom. The van der Waals surface area contributed by atoms with E-state index in [1.165, 1.54) is 17.0 Å². The molecule has 190 valence electrons. The maximum absolute atomic E-state index is 13.3. The quantitative estimate of drug-likeness (QED) is 0.536. The van der Waals surface area contributed by atoms with E-state index in [9.17, 15) is 27.6 Å². The van der Waals surface area contributed by atoms with Crippen molar-refractivity contribution in [2.75, 3.05) is 26.3 Å². The molecule has 36 heavy (non-hydrogen) atoms. The van der Waals surface area contributed by atoms with Gasteiger partial charge in [0.15, 0.2) is 0 Å². The fourth-order valence-electron chi connectivity index (χ4n) is 3.90. The fraction of sp³-hybridized carbons (Fsp3) is 0.360. The van der Waals surface area contributed by atoms with Crippen molar-refractivity contribution in [3.8, 4) is 5.69 Å². The molecule has 1 saturated heterocycles. The standard InChI is InChI=1S/C25H25F3N4O4/c1-16(2)18-6-8-20(9-7-18)32-24(35)31(15-17-4-3-5-19(14-17)25(26,27)28)23(34)21(29-32)22(33)30-10-12-36-13-11-30/h3-9,14,16H,10-13,15H2,1-2H3. The normalized spacial score (nSPS) is 14.3. The Bertz CT molecular complexity index is 1370. The molecule has 4 rings (SSSR count). The van der Waals surface area contributed by atoms with Gasteiger partial charge in [0.1, 0.15) is 0 Å². The van der Waals surface area contributed by atoms with E-state index >= 15 is 0 Å². The van der Waals surface area contributed by atoms with Crippen molar-refractivity contribution in [1.82, 2.24) is 19.2 Å². The van der Waals surface area contributed by atoms with Crippen molar-refractivity contribution in [1.29, 1.82) is 0 Å². The lowest BCUT2D eigenvalue weighted by molar-refractivity contribution is -0.137. The summed E-state index contributed by atoms with van der Waals surface area (Å²) < 4.78 is 46.6. The molecule has 1 aliphatic rings. The predicted molar refractivity (Wildman–Crippen MR) is 125 cm³/mol. The Kier molecular flexibility index (Phi) is 7.11. The van der Waals surface area contributed by atoms with Gasteiger partial charge in [0.2, 0.25) is 5.69 Å². The van der Waals surface area contributed by atoms with Crippen molar-refractivity contribution in [3.63, 3.8) is 0 Å². The number of morpholine rings is 1. The van der Waals surface area contributed by atoms with E-state index in [1.54, 1.807) is 24.3 Å². The summed E-state index contributed by atoms with van der Waals surface area (Å²) in [5, 5.41) is 4.11. The monoisotopic (exact) mass is 502 g/mol. The highest BCUT2D eigenvalue weighted by Gasteiger charge is 2.31. The molecular weight excluding hydrogens is 477 g/mol. The molecule has 1 aliphatic heterocycles. The summed E-state index contributed by atoms with van der Waals surface area (Å²) in [6.07, 6.45) is -4.59. The molecular formula is C25H25F3N4O4. The highest BCUT2D eigenvalue weighted by atomic mass is 19.4. The van der Waals surface area contributed by atoms with Crippen LogP contribution in [0.1, 0.15) is 46.9 Å². The molecule has 0 radical (unpaired) electrons. The summed E-state index contributed by atoms with van der Waals surface area (Å²) in [5.74, 6) is -0.439. The summed E-state index contributed by atoms with van der Waals surface area (Å²) in [4.78, 5) is 41.2. The van der Waals surface area contributed by atoms with E-state index in [4.69, 9.17) is 4.74 Å². The van der Waals surface area contributed by atoms with Crippen molar-refractivity contribution < 1.29 is 22.7 Å². The third-order valence-electron chi connectivity index (χ3n) is 5.96. The molecule has 1 fully saturated rings. The maximum atomic E-state index is 13.3. The topological polar surface area (TPSA) is 86.4 Å². The zero-order chi connectivity index (χ0) is 26.0. The third kappa shape index (κ3) is 5.25. The zero-order valence-corrected chi connectivity index (χ0v) is 19.8. The Morgan fingerprint density at radius 2 is 1.72 bits per heavy atom. The van der Waals surface area contributed by atoms with Gasteiger partial charge in [-0.1, -0.05) is 38.1 Å². The highest BCUT2D eigenvalue weighted by molar-refractivity contribution is 5.91. The first-order chi connectivity index (χ1) is 17.1. The highest BCUT2D eigenvalue weighted by Crippen LogP contribution is 2.29. The van der Waals surface area contributed by atoms with Gasteiger partial charge in [-0.2, -0.15) is 23.0 Å². The molecule has 1 amide bonds. The number of nitrogens with zero attached hydrogens (tertiary/aromatic N) is 4. The van der Waals surface area contributed by atoms with E-state index in [0.29, 0.717) is 18.9 Å². The molecule has 8 nitrogen and oxygen atoms in total. The Hall–Kier alpha value is -3.73. The number of halogens is 3. The summed E-state index contributed by atoms with van der Waals surface area (Å²) in [5.41, 5.74) is -1.82. The van der Waals surface area contributed by atoms with Crippen LogP contribution in [0.3, 0.4) is 0 Å². The number of amides is 1. The molecule has 0 unspecified atom stereocenters. The second-order valence-electron chi connectivity index (χ2n) is 8.78. The summed E-state index contributed by atoms with van der Waals surface area (Å²) in [6.45, 7) is 4.63. The van der Waals surface area contributed by atoms with Crippen LogP contribution in [0.4, 0.5) is 13.2 Å². The summed E-state index contributed by atoms with van der Waals surface area (Å²) in [6, 6.07) is 11.3. The Morgan fingerprint density at radius 3 is 2.33 bits per heavy atom. The van der Waals surface area contributed by atoms with Crippen molar-refractivity contribution in [2.45, 2.75) is 32.5 Å². The van der Waals surface area contributed by atoms with Gasteiger partial charge < -0.3 is 9.64 Å². The summed E-state index contributed by atoms with van der Waals surface area (Å²) >= 11 is 0. The Balaban J connectivity index is 1.85.